The van der Waals surface area contributed by atoms with Gasteiger partial charge >= 0.3 is 0 Å². The summed E-state index contributed by atoms with van der Waals surface area (Å²) in [4.78, 5) is 4.63. The third kappa shape index (κ3) is 7.37. The number of anilines is 1. The quantitative estimate of drug-likeness (QED) is 0.180. The maximum absolute atomic E-state index is 15.6. The van der Waals surface area contributed by atoms with Crippen molar-refractivity contribution < 1.29 is 17.9 Å². The van der Waals surface area contributed by atoms with Gasteiger partial charge in [-0.15, -0.1) is 0 Å². The van der Waals surface area contributed by atoms with Crippen molar-refractivity contribution in [3.63, 3.8) is 0 Å². The van der Waals surface area contributed by atoms with Gasteiger partial charge in [-0.2, -0.15) is 5.10 Å². The molecule has 1 aliphatic heterocycles. The molecule has 0 amide bonds. The minimum Gasteiger partial charge on any atom is -0.413 e. The van der Waals surface area contributed by atoms with Crippen LogP contribution in [0.4, 0.5) is 20.2 Å². The van der Waals surface area contributed by atoms with E-state index in [2.05, 4.69) is 84.8 Å². The Bertz CT molecular complexity index is 1460. The fourth-order valence-corrected chi connectivity index (χ4v) is 6.34. The van der Waals surface area contributed by atoms with Gasteiger partial charge in [-0.1, -0.05) is 67.9 Å². The van der Waals surface area contributed by atoms with E-state index in [1.54, 1.807) is 4.68 Å². The summed E-state index contributed by atoms with van der Waals surface area (Å²) in [6.07, 6.45) is 0. The summed E-state index contributed by atoms with van der Waals surface area (Å²) in [5, 5.41) is 7.70. The van der Waals surface area contributed by atoms with Gasteiger partial charge in [0, 0.05) is 30.4 Å². The first kappa shape index (κ1) is 32.0. The topological polar surface area (TPSA) is 60.7 Å². The van der Waals surface area contributed by atoms with E-state index in [1.165, 1.54) is 12.1 Å². The summed E-state index contributed by atoms with van der Waals surface area (Å²) < 4.78 is 45.9. The van der Waals surface area contributed by atoms with Crippen LogP contribution in [0.5, 0.6) is 0 Å². The van der Waals surface area contributed by atoms with Gasteiger partial charge in [0.1, 0.15) is 35.6 Å². The van der Waals surface area contributed by atoms with Crippen LogP contribution in [0, 0.1) is 11.6 Å². The maximum atomic E-state index is 15.6. The van der Waals surface area contributed by atoms with Crippen molar-refractivity contribution in [1.82, 2.24) is 9.78 Å². The molecule has 3 aromatic rings. The number of nitrogens with zero attached hydrogens (tertiary/aromatic N) is 3. The molecule has 2 aromatic carbocycles. The Morgan fingerprint density at radius 2 is 1.71 bits per heavy atom. The van der Waals surface area contributed by atoms with E-state index in [0.717, 1.165) is 16.1 Å². The van der Waals surface area contributed by atoms with E-state index in [-0.39, 0.29) is 34.9 Å². The van der Waals surface area contributed by atoms with Crippen molar-refractivity contribution >= 4 is 61.1 Å². The van der Waals surface area contributed by atoms with E-state index in [1.807, 2.05) is 18.2 Å². The van der Waals surface area contributed by atoms with E-state index in [9.17, 15) is 0 Å². The summed E-state index contributed by atoms with van der Waals surface area (Å²) >= 11 is 10.1. The summed E-state index contributed by atoms with van der Waals surface area (Å²) in [6.45, 7) is 18.3. The lowest BCUT2D eigenvalue weighted by Gasteiger charge is -2.36. The Morgan fingerprint density at radius 3 is 2.32 bits per heavy atom. The van der Waals surface area contributed by atoms with Crippen LogP contribution in [-0.2, 0) is 22.5 Å². The van der Waals surface area contributed by atoms with Crippen molar-refractivity contribution in [2.24, 2.45) is 4.99 Å². The molecule has 4 rings (SSSR count). The fourth-order valence-electron chi connectivity index (χ4n) is 4.03. The van der Waals surface area contributed by atoms with Gasteiger partial charge in [-0.05, 0) is 60.1 Å². The second-order valence-electron chi connectivity index (χ2n) is 13.1. The van der Waals surface area contributed by atoms with Crippen LogP contribution in [0.15, 0.2) is 39.8 Å². The van der Waals surface area contributed by atoms with Crippen LogP contribution in [0.1, 0.15) is 31.9 Å². The second kappa shape index (κ2) is 12.0. The number of fused-ring (bicyclic) bond motifs is 3. The van der Waals surface area contributed by atoms with Crippen molar-refractivity contribution in [2.45, 2.75) is 77.9 Å². The molecule has 1 N–H and O–H groups in total. The van der Waals surface area contributed by atoms with Crippen molar-refractivity contribution in [3.8, 4) is 11.3 Å². The lowest BCUT2D eigenvalue weighted by atomic mass is 10.1. The lowest BCUT2D eigenvalue weighted by molar-refractivity contribution is 0.0798. The Morgan fingerprint density at radius 1 is 1.05 bits per heavy atom. The number of ether oxygens (including phenoxy) is 1. The van der Waals surface area contributed by atoms with E-state index >= 15 is 8.78 Å². The van der Waals surface area contributed by atoms with Crippen LogP contribution in [0.2, 0.25) is 49.0 Å². The molecule has 12 heteroatoms. The zero-order valence-corrected chi connectivity index (χ0v) is 29.2. The number of aromatic nitrogens is 2. The van der Waals surface area contributed by atoms with Crippen LogP contribution < -0.4 is 5.32 Å². The first-order chi connectivity index (χ1) is 19.0. The summed E-state index contributed by atoms with van der Waals surface area (Å²) in [7, 11) is -3.37. The third-order valence-corrected chi connectivity index (χ3v) is 14.5. The number of hydrogen-bond donors (Lipinski definition) is 1. The Balaban J connectivity index is 1.72. The van der Waals surface area contributed by atoms with Crippen LogP contribution in [0.3, 0.4) is 0 Å². The Hall–Kier alpha value is -1.90. The summed E-state index contributed by atoms with van der Waals surface area (Å²) in [5.74, 6) is -1.49. The zero-order valence-electron chi connectivity index (χ0n) is 24.9. The number of amidine groups is 1. The molecular weight excluding hydrogens is 646 g/mol. The molecular formula is C29H38BrClF2N4O2Si2. The van der Waals surface area contributed by atoms with Crippen molar-refractivity contribution in [2.75, 3.05) is 11.9 Å². The number of nitrogens with one attached hydrogen (secondary N) is 1. The molecule has 1 aromatic heterocycles. The minimum absolute atomic E-state index is 0.000267. The monoisotopic (exact) mass is 682 g/mol. The SMILES string of the molecule is CC(C)(C)[Si](C)(C)OCc1cc(F)c(C2=Nc3c(Cl)nn(COCC[Si](C)(C)C)c3-c3cc(Br)ccc3N2)c(F)c1. The number of halogens is 4. The molecule has 0 unspecified atom stereocenters. The molecule has 41 heavy (non-hydrogen) atoms. The highest BCUT2D eigenvalue weighted by Gasteiger charge is 2.37. The molecule has 222 valence electrons. The summed E-state index contributed by atoms with van der Waals surface area (Å²) in [6, 6.07) is 9.17. The van der Waals surface area contributed by atoms with Gasteiger partial charge in [0.15, 0.2) is 13.5 Å². The maximum Gasteiger partial charge on any atom is 0.192 e. The van der Waals surface area contributed by atoms with Gasteiger partial charge in [0.25, 0.3) is 0 Å². The molecule has 0 saturated heterocycles. The predicted octanol–water partition coefficient (Wildman–Crippen LogP) is 9.58. The number of rotatable bonds is 9. The first-order valence-electron chi connectivity index (χ1n) is 13.6. The third-order valence-electron chi connectivity index (χ3n) is 7.55. The lowest BCUT2D eigenvalue weighted by Crippen LogP contribution is -2.40. The molecule has 0 aliphatic carbocycles. The smallest absolute Gasteiger partial charge is 0.192 e. The zero-order chi connectivity index (χ0) is 30.3. The van der Waals surface area contributed by atoms with Gasteiger partial charge in [-0.3, -0.25) is 0 Å². The largest absolute Gasteiger partial charge is 0.413 e. The predicted molar refractivity (Wildman–Crippen MR) is 173 cm³/mol. The molecule has 0 bridgehead atoms. The number of hydrogen-bond acceptors (Lipinski definition) is 5. The van der Waals surface area contributed by atoms with Gasteiger partial charge in [0.05, 0.1) is 12.2 Å². The highest BCUT2D eigenvalue weighted by Crippen LogP contribution is 2.44. The summed E-state index contributed by atoms with van der Waals surface area (Å²) in [5.41, 5.74) is 2.38. The van der Waals surface area contributed by atoms with Crippen LogP contribution in [0.25, 0.3) is 11.3 Å². The molecule has 0 spiro atoms. The average Bonchev–Trinajstić information content (AvgIpc) is 3.03. The number of benzene rings is 2. The van der Waals surface area contributed by atoms with Crippen LogP contribution >= 0.6 is 27.5 Å². The molecule has 1 aliphatic rings. The molecule has 0 atom stereocenters. The van der Waals surface area contributed by atoms with Gasteiger partial charge < -0.3 is 14.5 Å². The molecule has 0 fully saturated rings. The molecule has 0 radical (unpaired) electrons. The first-order valence-corrected chi connectivity index (χ1v) is 21.4. The highest BCUT2D eigenvalue weighted by atomic mass is 79.9. The minimum atomic E-state index is -2.10. The average molecular weight is 684 g/mol. The van der Waals surface area contributed by atoms with E-state index in [0.29, 0.717) is 29.2 Å². The van der Waals surface area contributed by atoms with E-state index < -0.39 is 28.0 Å². The van der Waals surface area contributed by atoms with Crippen LogP contribution in [-0.4, -0.2) is 38.6 Å². The molecule has 2 heterocycles. The van der Waals surface area contributed by atoms with E-state index in [4.69, 9.17) is 20.8 Å². The van der Waals surface area contributed by atoms with Crippen molar-refractivity contribution in [3.05, 3.63) is 62.7 Å². The Kier molecular flexibility index (Phi) is 9.38. The standard InChI is InChI=1S/C29H38BrClF2N4O2Si2/c1-29(2,3)41(7,8)39-16-18-13-21(32)24(22(33)14-18)28-34-23-10-9-19(30)15-20(23)26-25(35-28)27(31)36-37(26)17-38-11-12-40(4,5)6/h9-10,13-15H,11-12,16-17H2,1-8H3,(H,34,35). The second-order valence-corrected chi connectivity index (χ2v) is 24.8. The fraction of sp³-hybridized carbons (Fsp3) is 0.448. The number of aliphatic imine (C=N–C) groups is 1. The normalized spacial score (nSPS) is 13.8. The van der Waals surface area contributed by atoms with Gasteiger partial charge in [0.2, 0.25) is 0 Å². The van der Waals surface area contributed by atoms with Crippen molar-refractivity contribution in [1.29, 1.82) is 0 Å². The highest BCUT2D eigenvalue weighted by molar-refractivity contribution is 9.10. The molecule has 6 nitrogen and oxygen atoms in total. The Labute approximate surface area is 256 Å². The molecule has 0 saturated carbocycles. The van der Waals surface area contributed by atoms with Gasteiger partial charge in [-0.25, -0.2) is 18.5 Å².